The minimum absolute atomic E-state index is 0.449. The summed E-state index contributed by atoms with van der Waals surface area (Å²) >= 11 is 4.62. The van der Waals surface area contributed by atoms with E-state index < -0.39 is 6.72 Å². The molecule has 1 aromatic carbocycles. The normalized spacial score (nSPS) is 14.9. The van der Waals surface area contributed by atoms with Crippen molar-refractivity contribution >= 4 is 18.5 Å². The molecule has 0 bridgehead atoms. The zero-order valence-corrected chi connectivity index (χ0v) is 8.63. The van der Waals surface area contributed by atoms with Crippen molar-refractivity contribution in [2.75, 3.05) is 7.11 Å². The van der Waals surface area contributed by atoms with Crippen LogP contribution in [0, 0.1) is 0 Å². The molecule has 0 aliphatic rings. The van der Waals surface area contributed by atoms with Crippen LogP contribution in [-0.2, 0) is 21.4 Å². The summed E-state index contributed by atoms with van der Waals surface area (Å²) in [6.07, 6.45) is 0. The van der Waals surface area contributed by atoms with E-state index >= 15 is 0 Å². The molecule has 0 fully saturated rings. The smallest absolute Gasteiger partial charge is 0.405 e. The Balaban J connectivity index is 2.64. The first-order valence-electron chi connectivity index (χ1n) is 3.44. The van der Waals surface area contributed by atoms with Crippen LogP contribution in [0.1, 0.15) is 0 Å². The first-order chi connectivity index (χ1) is 6.14. The quantitative estimate of drug-likeness (QED) is 0.476. The summed E-state index contributed by atoms with van der Waals surface area (Å²) in [6.45, 7) is -3.30. The van der Waals surface area contributed by atoms with Gasteiger partial charge in [0, 0.05) is 11.8 Å². The summed E-state index contributed by atoms with van der Waals surface area (Å²) in [5.74, 6) is 0.449. The van der Waals surface area contributed by atoms with Crippen molar-refractivity contribution in [3.05, 3.63) is 30.3 Å². The van der Waals surface area contributed by atoms with Crippen LogP contribution < -0.4 is 4.52 Å². The van der Waals surface area contributed by atoms with Crippen LogP contribution in [0.15, 0.2) is 30.3 Å². The molecule has 72 valence electrons. The molecule has 0 saturated carbocycles. The van der Waals surface area contributed by atoms with Gasteiger partial charge in [0.05, 0.1) is 7.11 Å². The van der Waals surface area contributed by atoms with Gasteiger partial charge in [-0.15, -0.1) is 4.67 Å². The van der Waals surface area contributed by atoms with E-state index in [-0.39, 0.29) is 0 Å². The number of rotatable bonds is 4. The molecule has 0 saturated heterocycles. The van der Waals surface area contributed by atoms with E-state index in [0.717, 1.165) is 0 Å². The number of para-hydroxylation sites is 1. The lowest BCUT2D eigenvalue weighted by Gasteiger charge is -2.13. The molecule has 6 heteroatoms. The van der Waals surface area contributed by atoms with Crippen LogP contribution in [0.25, 0.3) is 0 Å². The van der Waals surface area contributed by atoms with Gasteiger partial charge >= 0.3 is 6.72 Å². The van der Waals surface area contributed by atoms with Gasteiger partial charge in [-0.05, 0) is 12.1 Å². The van der Waals surface area contributed by atoms with Gasteiger partial charge in [0.25, 0.3) is 0 Å². The third-order valence-electron chi connectivity index (χ3n) is 1.13. The van der Waals surface area contributed by atoms with Crippen molar-refractivity contribution in [1.29, 1.82) is 0 Å². The van der Waals surface area contributed by atoms with E-state index in [0.29, 0.717) is 5.75 Å². The predicted octanol–water partition coefficient (Wildman–Crippen LogP) is 1.86. The second kappa shape index (κ2) is 4.69. The van der Waals surface area contributed by atoms with Crippen LogP contribution in [-0.4, -0.2) is 12.0 Å². The van der Waals surface area contributed by atoms with Crippen molar-refractivity contribution in [3.63, 3.8) is 0 Å². The van der Waals surface area contributed by atoms with Gasteiger partial charge in [-0.2, -0.15) is 0 Å². The number of hydrogen-bond donors (Lipinski definition) is 1. The maximum absolute atomic E-state index is 9.32. The third-order valence-corrected chi connectivity index (χ3v) is 2.32. The Morgan fingerprint density at radius 2 is 1.92 bits per heavy atom. The minimum Gasteiger partial charge on any atom is -0.423 e. The van der Waals surface area contributed by atoms with Crippen molar-refractivity contribution in [2.45, 2.75) is 0 Å². The molecule has 1 atom stereocenters. The first kappa shape index (κ1) is 10.6. The fourth-order valence-corrected chi connectivity index (χ4v) is 1.77. The Labute approximate surface area is 81.2 Å². The van der Waals surface area contributed by atoms with E-state index in [1.807, 2.05) is 6.07 Å². The molecule has 0 spiro atoms. The second-order valence-electron chi connectivity index (χ2n) is 2.11. The van der Waals surface area contributed by atoms with Crippen molar-refractivity contribution in [2.24, 2.45) is 0 Å². The summed E-state index contributed by atoms with van der Waals surface area (Å²) in [5, 5.41) is 0. The van der Waals surface area contributed by atoms with Crippen molar-refractivity contribution in [1.82, 2.24) is 0 Å². The molecule has 1 N–H and O–H groups in total. The highest BCUT2D eigenvalue weighted by Crippen LogP contribution is 2.43. The lowest BCUT2D eigenvalue weighted by molar-refractivity contribution is -0.185. The van der Waals surface area contributed by atoms with E-state index in [1.165, 1.54) is 7.11 Å². The monoisotopic (exact) mass is 220 g/mol. The Bertz CT molecular complexity index is 303. The van der Waals surface area contributed by atoms with Crippen molar-refractivity contribution < 1.29 is 19.0 Å². The summed E-state index contributed by atoms with van der Waals surface area (Å²) in [6, 6.07) is 8.67. The summed E-state index contributed by atoms with van der Waals surface area (Å²) in [7, 11) is 1.26. The van der Waals surface area contributed by atoms with Gasteiger partial charge < -0.3 is 9.42 Å². The van der Waals surface area contributed by atoms with E-state index in [9.17, 15) is 4.89 Å². The largest absolute Gasteiger partial charge is 0.423 e. The third kappa shape index (κ3) is 3.85. The van der Waals surface area contributed by atoms with Crippen LogP contribution in [0.5, 0.6) is 5.75 Å². The first-order valence-corrected chi connectivity index (χ1v) is 6.03. The topological polar surface area (TPSA) is 47.9 Å². The SMILES string of the molecule is COOP(O)(=S)Oc1ccccc1. The zero-order chi connectivity index (χ0) is 9.73. The molecule has 0 amide bonds. The van der Waals surface area contributed by atoms with Gasteiger partial charge in [0.15, 0.2) is 0 Å². The van der Waals surface area contributed by atoms with E-state index in [2.05, 4.69) is 21.4 Å². The summed E-state index contributed by atoms with van der Waals surface area (Å²) in [5.41, 5.74) is 0. The van der Waals surface area contributed by atoms with Crippen LogP contribution in [0.2, 0.25) is 0 Å². The Hall–Kier alpha value is -0.450. The maximum atomic E-state index is 9.32. The Morgan fingerprint density at radius 3 is 2.46 bits per heavy atom. The van der Waals surface area contributed by atoms with Gasteiger partial charge in [0.1, 0.15) is 5.75 Å². The highest BCUT2D eigenvalue weighted by molar-refractivity contribution is 8.07. The van der Waals surface area contributed by atoms with Gasteiger partial charge in [-0.25, -0.2) is 4.89 Å². The van der Waals surface area contributed by atoms with Gasteiger partial charge in [0.2, 0.25) is 0 Å². The average Bonchev–Trinajstić information content (AvgIpc) is 2.04. The number of benzene rings is 1. The highest BCUT2D eigenvalue weighted by atomic mass is 32.5. The average molecular weight is 220 g/mol. The summed E-state index contributed by atoms with van der Waals surface area (Å²) in [4.78, 5) is 13.6. The molecular formula is C7H9O4PS. The van der Waals surface area contributed by atoms with Crippen LogP contribution in [0.4, 0.5) is 0 Å². The maximum Gasteiger partial charge on any atom is 0.405 e. The minimum atomic E-state index is -3.30. The van der Waals surface area contributed by atoms with Gasteiger partial charge in [-0.3, -0.25) is 0 Å². The fourth-order valence-electron chi connectivity index (χ4n) is 0.724. The highest BCUT2D eigenvalue weighted by Gasteiger charge is 2.17. The second-order valence-corrected chi connectivity index (χ2v) is 4.77. The molecule has 0 heterocycles. The molecule has 0 aromatic heterocycles. The Kier molecular flexibility index (Phi) is 3.84. The lowest BCUT2D eigenvalue weighted by Crippen LogP contribution is -1.95. The molecule has 13 heavy (non-hydrogen) atoms. The molecular weight excluding hydrogens is 211 g/mol. The fraction of sp³-hybridized carbons (Fsp3) is 0.143. The molecule has 1 unspecified atom stereocenters. The van der Waals surface area contributed by atoms with Gasteiger partial charge in [-0.1, -0.05) is 18.2 Å². The van der Waals surface area contributed by atoms with Crippen LogP contribution in [0.3, 0.4) is 0 Å². The summed E-state index contributed by atoms with van der Waals surface area (Å²) < 4.78 is 9.37. The molecule has 0 aliphatic carbocycles. The zero-order valence-electron chi connectivity index (χ0n) is 6.91. The van der Waals surface area contributed by atoms with E-state index in [4.69, 9.17) is 4.52 Å². The molecule has 1 rings (SSSR count). The molecule has 1 aromatic rings. The predicted molar refractivity (Wildman–Crippen MR) is 51.7 cm³/mol. The molecule has 0 aliphatic heterocycles. The van der Waals surface area contributed by atoms with E-state index in [1.54, 1.807) is 24.3 Å². The standard InChI is InChI=1S/C7H9O4PS/c1-9-11-12(8,13)10-7-5-3-2-4-6-7/h2-6H,1H3,(H,8,13). The lowest BCUT2D eigenvalue weighted by atomic mass is 10.3. The molecule has 4 nitrogen and oxygen atoms in total. The van der Waals surface area contributed by atoms with Crippen molar-refractivity contribution in [3.8, 4) is 5.75 Å². The number of hydrogen-bond acceptors (Lipinski definition) is 4. The molecule has 0 radical (unpaired) electrons. The van der Waals surface area contributed by atoms with Crippen LogP contribution >= 0.6 is 6.72 Å². The Morgan fingerprint density at radius 1 is 1.31 bits per heavy atom.